The van der Waals surface area contributed by atoms with E-state index in [1.54, 1.807) is 11.0 Å². The molecule has 0 saturated carbocycles. The minimum atomic E-state index is -0.0204. The molecule has 1 fully saturated rings. The van der Waals surface area contributed by atoms with Crippen LogP contribution in [-0.4, -0.2) is 36.6 Å². The number of amides is 1. The fraction of sp³-hybridized carbons (Fsp3) is 0.500. The van der Waals surface area contributed by atoms with E-state index in [9.17, 15) is 4.79 Å². The van der Waals surface area contributed by atoms with E-state index in [2.05, 4.69) is 0 Å². The Morgan fingerprint density at radius 1 is 1.50 bits per heavy atom. The average molecular weight is 248 g/mol. The lowest BCUT2D eigenvalue weighted by molar-refractivity contribution is 0.0575. The summed E-state index contributed by atoms with van der Waals surface area (Å²) in [6.07, 6.45) is 0.971. The number of nitrogens with zero attached hydrogens (tertiary/aromatic N) is 1. The van der Waals surface area contributed by atoms with Crippen molar-refractivity contribution in [1.82, 2.24) is 4.90 Å². The second kappa shape index (κ2) is 4.98. The van der Waals surface area contributed by atoms with Gasteiger partial charge in [-0.05, 0) is 31.9 Å². The molecule has 4 heteroatoms. The molecule has 0 aliphatic carbocycles. The molecule has 98 valence electrons. The van der Waals surface area contributed by atoms with E-state index in [1.807, 2.05) is 33.0 Å². The summed E-state index contributed by atoms with van der Waals surface area (Å²) in [7, 11) is 1.82. The zero-order valence-corrected chi connectivity index (χ0v) is 11.1. The van der Waals surface area contributed by atoms with Crippen LogP contribution in [0.2, 0.25) is 0 Å². The predicted molar refractivity (Wildman–Crippen MR) is 71.5 cm³/mol. The molecular formula is C14H20N2O2. The molecule has 1 aliphatic rings. The Balaban J connectivity index is 2.26. The second-order valence-corrected chi connectivity index (χ2v) is 4.89. The van der Waals surface area contributed by atoms with Crippen molar-refractivity contribution >= 4 is 11.6 Å². The van der Waals surface area contributed by atoms with Crippen molar-refractivity contribution in [3.63, 3.8) is 0 Å². The van der Waals surface area contributed by atoms with Gasteiger partial charge in [0.05, 0.1) is 17.7 Å². The van der Waals surface area contributed by atoms with E-state index in [0.29, 0.717) is 17.9 Å². The quantitative estimate of drug-likeness (QED) is 0.812. The largest absolute Gasteiger partial charge is 0.398 e. The molecular weight excluding hydrogens is 228 g/mol. The maximum Gasteiger partial charge on any atom is 0.256 e. The summed E-state index contributed by atoms with van der Waals surface area (Å²) >= 11 is 0. The van der Waals surface area contributed by atoms with E-state index < -0.39 is 0 Å². The van der Waals surface area contributed by atoms with Crippen molar-refractivity contribution in [1.29, 1.82) is 0 Å². The number of hydrogen-bond donors (Lipinski definition) is 1. The van der Waals surface area contributed by atoms with Gasteiger partial charge in [-0.3, -0.25) is 4.79 Å². The van der Waals surface area contributed by atoms with Crippen molar-refractivity contribution in [2.75, 3.05) is 19.4 Å². The number of aryl methyl sites for hydroxylation is 1. The topological polar surface area (TPSA) is 55.6 Å². The maximum absolute atomic E-state index is 12.5. The molecule has 1 aliphatic heterocycles. The lowest BCUT2D eigenvalue weighted by Gasteiger charge is -2.27. The number of nitrogens with two attached hydrogens (primary N) is 1. The van der Waals surface area contributed by atoms with Crippen LogP contribution in [0.4, 0.5) is 5.69 Å². The van der Waals surface area contributed by atoms with Crippen LogP contribution in [0.1, 0.15) is 29.3 Å². The van der Waals surface area contributed by atoms with E-state index in [-0.39, 0.29) is 18.1 Å². The van der Waals surface area contributed by atoms with E-state index >= 15 is 0 Å². The molecule has 2 unspecified atom stereocenters. The SMILES string of the molecule is Cc1cccc(N)c1C(=O)N(C)C1CCOC1C. The molecule has 0 radical (unpaired) electrons. The Labute approximate surface area is 108 Å². The second-order valence-electron chi connectivity index (χ2n) is 4.89. The number of anilines is 1. The lowest BCUT2D eigenvalue weighted by Crippen LogP contribution is -2.41. The van der Waals surface area contributed by atoms with Crippen LogP contribution in [0.25, 0.3) is 0 Å². The van der Waals surface area contributed by atoms with Gasteiger partial charge in [-0.1, -0.05) is 12.1 Å². The first-order chi connectivity index (χ1) is 8.52. The van der Waals surface area contributed by atoms with Crippen LogP contribution in [0.5, 0.6) is 0 Å². The number of nitrogen functional groups attached to an aromatic ring is 1. The van der Waals surface area contributed by atoms with Crippen molar-refractivity contribution in [3.8, 4) is 0 Å². The van der Waals surface area contributed by atoms with Gasteiger partial charge in [-0.2, -0.15) is 0 Å². The maximum atomic E-state index is 12.5. The predicted octanol–water partition coefficient (Wildman–Crippen LogP) is 1.83. The number of rotatable bonds is 2. The molecule has 2 rings (SSSR count). The number of carbonyl (C=O) groups excluding carboxylic acids is 1. The highest BCUT2D eigenvalue weighted by atomic mass is 16.5. The van der Waals surface area contributed by atoms with Crippen LogP contribution in [0, 0.1) is 6.92 Å². The Morgan fingerprint density at radius 2 is 2.22 bits per heavy atom. The van der Waals surface area contributed by atoms with Crippen LogP contribution >= 0.6 is 0 Å². The summed E-state index contributed by atoms with van der Waals surface area (Å²) in [5.41, 5.74) is 7.98. The van der Waals surface area contributed by atoms with Gasteiger partial charge in [0.1, 0.15) is 0 Å². The molecule has 1 aromatic rings. The number of carbonyl (C=O) groups is 1. The van der Waals surface area contributed by atoms with Gasteiger partial charge in [0.2, 0.25) is 0 Å². The third-order valence-corrected chi connectivity index (χ3v) is 3.67. The molecule has 0 spiro atoms. The van der Waals surface area contributed by atoms with Crippen LogP contribution in [0.15, 0.2) is 18.2 Å². The van der Waals surface area contributed by atoms with Gasteiger partial charge in [0, 0.05) is 19.3 Å². The van der Waals surface area contributed by atoms with Crippen molar-refractivity contribution in [2.24, 2.45) is 0 Å². The first-order valence-electron chi connectivity index (χ1n) is 6.26. The number of benzene rings is 1. The van der Waals surface area contributed by atoms with Gasteiger partial charge in [-0.15, -0.1) is 0 Å². The Hall–Kier alpha value is -1.55. The van der Waals surface area contributed by atoms with Gasteiger partial charge in [-0.25, -0.2) is 0 Å². The van der Waals surface area contributed by atoms with Gasteiger partial charge >= 0.3 is 0 Å². The molecule has 1 aromatic carbocycles. The molecule has 18 heavy (non-hydrogen) atoms. The molecule has 0 bridgehead atoms. The monoisotopic (exact) mass is 248 g/mol. The van der Waals surface area contributed by atoms with Crippen LogP contribution < -0.4 is 5.73 Å². The van der Waals surface area contributed by atoms with Gasteiger partial charge < -0.3 is 15.4 Å². The van der Waals surface area contributed by atoms with Gasteiger partial charge in [0.25, 0.3) is 5.91 Å². The third-order valence-electron chi connectivity index (χ3n) is 3.67. The zero-order chi connectivity index (χ0) is 13.3. The smallest absolute Gasteiger partial charge is 0.256 e. The number of hydrogen-bond acceptors (Lipinski definition) is 3. The average Bonchev–Trinajstić information content (AvgIpc) is 2.74. The van der Waals surface area contributed by atoms with Crippen molar-refractivity contribution < 1.29 is 9.53 Å². The first kappa shape index (κ1) is 12.9. The zero-order valence-electron chi connectivity index (χ0n) is 11.1. The van der Waals surface area contributed by atoms with Crippen LogP contribution in [0.3, 0.4) is 0 Å². The molecule has 1 saturated heterocycles. The molecule has 2 atom stereocenters. The lowest BCUT2D eigenvalue weighted by atomic mass is 10.0. The summed E-state index contributed by atoms with van der Waals surface area (Å²) < 4.78 is 5.51. The fourth-order valence-corrected chi connectivity index (χ4v) is 2.54. The Bertz CT molecular complexity index is 439. The first-order valence-corrected chi connectivity index (χ1v) is 6.26. The molecule has 1 amide bonds. The third kappa shape index (κ3) is 2.20. The minimum absolute atomic E-state index is 0.0204. The number of ether oxygens (including phenoxy) is 1. The summed E-state index contributed by atoms with van der Waals surface area (Å²) in [4.78, 5) is 14.3. The van der Waals surface area contributed by atoms with E-state index in [0.717, 1.165) is 12.0 Å². The molecule has 2 N–H and O–H groups in total. The molecule has 0 aromatic heterocycles. The van der Waals surface area contributed by atoms with Crippen molar-refractivity contribution in [2.45, 2.75) is 32.4 Å². The highest BCUT2D eigenvalue weighted by Crippen LogP contribution is 2.23. The molecule has 1 heterocycles. The number of likely N-dealkylation sites (N-methyl/N-ethyl adjacent to an activating group) is 1. The van der Waals surface area contributed by atoms with E-state index in [4.69, 9.17) is 10.5 Å². The Kier molecular flexibility index (Phi) is 3.57. The minimum Gasteiger partial charge on any atom is -0.398 e. The highest BCUT2D eigenvalue weighted by molar-refractivity contribution is 6.00. The van der Waals surface area contributed by atoms with Crippen molar-refractivity contribution in [3.05, 3.63) is 29.3 Å². The highest BCUT2D eigenvalue weighted by Gasteiger charge is 2.31. The summed E-state index contributed by atoms with van der Waals surface area (Å²) in [6, 6.07) is 5.67. The summed E-state index contributed by atoms with van der Waals surface area (Å²) in [6.45, 7) is 4.63. The van der Waals surface area contributed by atoms with Crippen LogP contribution in [-0.2, 0) is 4.74 Å². The summed E-state index contributed by atoms with van der Waals surface area (Å²) in [5, 5.41) is 0. The van der Waals surface area contributed by atoms with E-state index in [1.165, 1.54) is 0 Å². The Morgan fingerprint density at radius 3 is 2.78 bits per heavy atom. The normalized spacial score (nSPS) is 23.1. The standard InChI is InChI=1S/C14H20N2O2/c1-9-5-4-6-11(15)13(9)14(17)16(3)12-7-8-18-10(12)2/h4-6,10,12H,7-8,15H2,1-3H3. The van der Waals surface area contributed by atoms with Gasteiger partial charge in [0.15, 0.2) is 0 Å². The summed E-state index contributed by atoms with van der Waals surface area (Å²) in [5.74, 6) is -0.0204. The fourth-order valence-electron chi connectivity index (χ4n) is 2.54. The molecule has 4 nitrogen and oxygen atoms in total.